The van der Waals surface area contributed by atoms with Crippen LogP contribution >= 0.6 is 11.3 Å². The molecule has 1 saturated carbocycles. The molecule has 0 bridgehead atoms. The molecule has 1 amide bonds. The number of piperazine rings is 1. The highest BCUT2D eigenvalue weighted by Gasteiger charge is 2.26. The molecule has 0 radical (unpaired) electrons. The smallest absolute Gasteiger partial charge is 0.350 e. The minimum absolute atomic E-state index is 0.00465. The van der Waals surface area contributed by atoms with E-state index in [9.17, 15) is 9.59 Å². The number of hydrogen-bond acceptors (Lipinski definition) is 8. The predicted molar refractivity (Wildman–Crippen MR) is 130 cm³/mol. The van der Waals surface area contributed by atoms with Crippen molar-refractivity contribution in [1.82, 2.24) is 14.8 Å². The van der Waals surface area contributed by atoms with Crippen molar-refractivity contribution in [3.05, 3.63) is 22.7 Å². The molecule has 2 aromatic rings. The molecule has 2 aromatic heterocycles. The van der Waals surface area contributed by atoms with Crippen LogP contribution in [0.5, 0.6) is 0 Å². The van der Waals surface area contributed by atoms with Crippen LogP contribution in [0.15, 0.2) is 12.1 Å². The van der Waals surface area contributed by atoms with Crippen molar-refractivity contribution >= 4 is 39.1 Å². The number of aromatic nitrogens is 1. The molecule has 1 N–H and O–H groups in total. The van der Waals surface area contributed by atoms with Crippen LogP contribution in [0.4, 0.5) is 5.69 Å². The fourth-order valence-electron chi connectivity index (χ4n) is 4.68. The fourth-order valence-corrected chi connectivity index (χ4v) is 5.74. The van der Waals surface area contributed by atoms with Crippen LogP contribution in [0.2, 0.25) is 0 Å². The number of esters is 1. The Morgan fingerprint density at radius 3 is 2.52 bits per heavy atom. The van der Waals surface area contributed by atoms with Crippen molar-refractivity contribution in [2.75, 3.05) is 58.9 Å². The molecule has 1 saturated heterocycles. The normalized spacial score (nSPS) is 18.5. The second-order valence-corrected chi connectivity index (χ2v) is 9.89. The number of thiophene rings is 1. The molecule has 0 aromatic carbocycles. The minimum Gasteiger partial charge on any atom is -0.465 e. The maximum Gasteiger partial charge on any atom is 0.350 e. The van der Waals surface area contributed by atoms with Gasteiger partial charge in [-0.1, -0.05) is 19.3 Å². The van der Waals surface area contributed by atoms with E-state index in [4.69, 9.17) is 14.5 Å². The maximum absolute atomic E-state index is 12.9. The molecule has 3 heterocycles. The van der Waals surface area contributed by atoms with E-state index >= 15 is 0 Å². The van der Waals surface area contributed by atoms with E-state index in [0.29, 0.717) is 10.6 Å². The summed E-state index contributed by atoms with van der Waals surface area (Å²) in [5, 5.41) is 3.85. The Labute approximate surface area is 199 Å². The first-order chi connectivity index (χ1) is 16.1. The van der Waals surface area contributed by atoms with Gasteiger partial charge in [-0.2, -0.15) is 0 Å². The lowest BCUT2D eigenvalue weighted by atomic mass is 9.88. The average molecular weight is 475 g/mol. The minimum atomic E-state index is -0.439. The van der Waals surface area contributed by atoms with Crippen molar-refractivity contribution in [3.8, 4) is 0 Å². The lowest BCUT2D eigenvalue weighted by molar-refractivity contribution is -0.120. The van der Waals surface area contributed by atoms with Crippen LogP contribution < -0.4 is 5.32 Å². The molecular weight excluding hydrogens is 440 g/mol. The van der Waals surface area contributed by atoms with Crippen LogP contribution in [0.1, 0.15) is 47.5 Å². The second-order valence-electron chi connectivity index (χ2n) is 8.89. The van der Waals surface area contributed by atoms with Gasteiger partial charge in [-0.15, -0.1) is 11.3 Å². The van der Waals surface area contributed by atoms with E-state index < -0.39 is 5.97 Å². The van der Waals surface area contributed by atoms with Gasteiger partial charge in [0.15, 0.2) is 0 Å². The molecule has 0 spiro atoms. The third-order valence-electron chi connectivity index (χ3n) is 6.67. The van der Waals surface area contributed by atoms with Crippen molar-refractivity contribution in [3.63, 3.8) is 0 Å². The average Bonchev–Trinajstić information content (AvgIpc) is 3.21. The van der Waals surface area contributed by atoms with Crippen molar-refractivity contribution in [2.24, 2.45) is 5.92 Å². The van der Waals surface area contributed by atoms with E-state index in [1.165, 1.54) is 24.9 Å². The summed E-state index contributed by atoms with van der Waals surface area (Å²) in [4.78, 5) is 36.2. The molecule has 0 atom stereocenters. The number of rotatable bonds is 8. The molecule has 2 fully saturated rings. The first kappa shape index (κ1) is 24.1. The van der Waals surface area contributed by atoms with Gasteiger partial charge in [0.1, 0.15) is 9.71 Å². The third-order valence-corrected chi connectivity index (χ3v) is 7.75. The Hall–Kier alpha value is -2.07. The SMILES string of the molecule is COCCN1CCN(Cc2ccc3c(NC(=O)C4CCCCC4)c(C(=O)OC)sc3n2)CC1. The summed E-state index contributed by atoms with van der Waals surface area (Å²) >= 11 is 1.29. The molecule has 4 rings (SSSR count). The Balaban J connectivity index is 1.48. The molecular formula is C24H34N4O4S. The number of hydrogen-bond donors (Lipinski definition) is 1. The highest BCUT2D eigenvalue weighted by molar-refractivity contribution is 7.21. The zero-order valence-electron chi connectivity index (χ0n) is 19.6. The summed E-state index contributed by atoms with van der Waals surface area (Å²) in [7, 11) is 3.10. The van der Waals surface area contributed by atoms with E-state index in [-0.39, 0.29) is 11.8 Å². The zero-order valence-corrected chi connectivity index (χ0v) is 20.4. The Kier molecular flexibility index (Phi) is 8.29. The lowest BCUT2D eigenvalue weighted by Crippen LogP contribution is -2.46. The Bertz CT molecular complexity index is 965. The third kappa shape index (κ3) is 5.90. The van der Waals surface area contributed by atoms with Gasteiger partial charge < -0.3 is 14.8 Å². The Morgan fingerprint density at radius 1 is 1.09 bits per heavy atom. The number of nitrogens with one attached hydrogen (secondary N) is 1. The number of ether oxygens (including phenoxy) is 2. The highest BCUT2D eigenvalue weighted by Crippen LogP contribution is 2.36. The quantitative estimate of drug-likeness (QED) is 0.587. The molecule has 180 valence electrons. The van der Waals surface area contributed by atoms with Gasteiger partial charge in [-0.3, -0.25) is 14.6 Å². The number of carbonyl (C=O) groups is 2. The standard InChI is InChI=1S/C24H34N4O4S/c1-31-15-14-27-10-12-28(13-11-27)16-18-8-9-19-20(21(24(30)32-2)33-23(19)25-18)26-22(29)17-6-4-3-5-7-17/h8-9,17H,3-7,10-16H2,1-2H3,(H,26,29). The Morgan fingerprint density at radius 2 is 1.82 bits per heavy atom. The number of amides is 1. The molecule has 2 aliphatic rings. The highest BCUT2D eigenvalue weighted by atomic mass is 32.1. The van der Waals surface area contributed by atoms with Crippen molar-refractivity contribution in [2.45, 2.75) is 38.6 Å². The molecule has 0 unspecified atom stereocenters. The topological polar surface area (TPSA) is 84.0 Å². The largest absolute Gasteiger partial charge is 0.465 e. The lowest BCUT2D eigenvalue weighted by Gasteiger charge is -2.34. The summed E-state index contributed by atoms with van der Waals surface area (Å²) in [6.07, 6.45) is 5.16. The molecule has 8 nitrogen and oxygen atoms in total. The van der Waals surface area contributed by atoms with Crippen LogP contribution in [-0.2, 0) is 20.8 Å². The van der Waals surface area contributed by atoms with Gasteiger partial charge in [-0.05, 0) is 25.0 Å². The van der Waals surface area contributed by atoms with Gasteiger partial charge in [0, 0.05) is 57.7 Å². The molecule has 1 aliphatic heterocycles. The fraction of sp³-hybridized carbons (Fsp3) is 0.625. The summed E-state index contributed by atoms with van der Waals surface area (Å²) < 4.78 is 10.2. The van der Waals surface area contributed by atoms with Gasteiger partial charge in [-0.25, -0.2) is 9.78 Å². The van der Waals surface area contributed by atoms with Crippen LogP contribution in [-0.4, -0.2) is 80.2 Å². The number of methoxy groups -OCH3 is 2. The molecule has 9 heteroatoms. The van der Waals surface area contributed by atoms with E-state index in [1.807, 2.05) is 12.1 Å². The first-order valence-electron chi connectivity index (χ1n) is 11.8. The second kappa shape index (κ2) is 11.4. The first-order valence-corrected chi connectivity index (χ1v) is 12.7. The summed E-state index contributed by atoms with van der Waals surface area (Å²) in [6.45, 7) is 6.52. The van der Waals surface area contributed by atoms with Crippen LogP contribution in [0, 0.1) is 5.92 Å². The van der Waals surface area contributed by atoms with Gasteiger partial charge in [0.2, 0.25) is 5.91 Å². The van der Waals surface area contributed by atoms with Gasteiger partial charge in [0.25, 0.3) is 0 Å². The number of fused-ring (bicyclic) bond motifs is 1. The summed E-state index contributed by atoms with van der Waals surface area (Å²) in [5.74, 6) is -0.436. The number of nitrogens with zero attached hydrogens (tertiary/aromatic N) is 3. The van der Waals surface area contributed by atoms with Crippen molar-refractivity contribution < 1.29 is 19.1 Å². The van der Waals surface area contributed by atoms with E-state index in [0.717, 1.165) is 87.5 Å². The van der Waals surface area contributed by atoms with Crippen LogP contribution in [0.25, 0.3) is 10.2 Å². The predicted octanol–water partition coefficient (Wildman–Crippen LogP) is 3.37. The summed E-state index contributed by atoms with van der Waals surface area (Å²) in [6, 6.07) is 3.98. The zero-order chi connectivity index (χ0) is 23.2. The van der Waals surface area contributed by atoms with Gasteiger partial charge in [0.05, 0.1) is 25.1 Å². The number of anilines is 1. The summed E-state index contributed by atoms with van der Waals surface area (Å²) in [5.41, 5.74) is 1.51. The van der Waals surface area contributed by atoms with Crippen molar-refractivity contribution in [1.29, 1.82) is 0 Å². The maximum atomic E-state index is 12.9. The molecule has 1 aliphatic carbocycles. The molecule has 33 heavy (non-hydrogen) atoms. The number of carbonyl (C=O) groups excluding carboxylic acids is 2. The monoisotopic (exact) mass is 474 g/mol. The van der Waals surface area contributed by atoms with E-state index in [2.05, 4.69) is 15.1 Å². The van der Waals surface area contributed by atoms with E-state index in [1.54, 1.807) is 7.11 Å². The van der Waals surface area contributed by atoms with Crippen LogP contribution in [0.3, 0.4) is 0 Å². The number of pyridine rings is 1. The van der Waals surface area contributed by atoms with Gasteiger partial charge >= 0.3 is 5.97 Å².